The number of hydrogen-bond acceptors (Lipinski definition) is 3. The number of benzene rings is 3. The first-order valence-corrected chi connectivity index (χ1v) is 10.7. The van der Waals surface area contributed by atoms with Crippen molar-refractivity contribution in [3.8, 4) is 11.3 Å². The van der Waals surface area contributed by atoms with Gasteiger partial charge in [0.2, 0.25) is 5.91 Å². The Labute approximate surface area is 193 Å². The minimum absolute atomic E-state index is 0.292. The fourth-order valence-electron chi connectivity index (χ4n) is 4.06. The Morgan fingerprint density at radius 1 is 1.00 bits per heavy atom. The molecule has 3 aromatic rings. The van der Waals surface area contributed by atoms with Crippen molar-refractivity contribution < 1.29 is 13.6 Å². The molecule has 0 fully saturated rings. The summed E-state index contributed by atoms with van der Waals surface area (Å²) < 4.78 is 30.2. The van der Waals surface area contributed by atoms with Gasteiger partial charge in [0.05, 0.1) is 11.1 Å². The number of anilines is 1. The van der Waals surface area contributed by atoms with Crippen molar-refractivity contribution in [2.75, 3.05) is 5.32 Å². The molecule has 0 aromatic heterocycles. The van der Waals surface area contributed by atoms with Gasteiger partial charge in [-0.3, -0.25) is 9.59 Å². The van der Waals surface area contributed by atoms with Crippen LogP contribution >= 0.6 is 0 Å². The van der Waals surface area contributed by atoms with Gasteiger partial charge in [-0.2, -0.15) is 5.10 Å². The summed E-state index contributed by atoms with van der Waals surface area (Å²) in [4.78, 5) is 25.6. The lowest BCUT2D eigenvalue weighted by Gasteiger charge is -2.14. The number of pyridine rings is 1. The molecule has 3 aromatic carbocycles. The Kier molecular flexibility index (Phi) is 5.41. The number of nitrogens with zero attached hydrogens (tertiary/aromatic N) is 3. The van der Waals surface area contributed by atoms with Crippen LogP contribution in [0.4, 0.5) is 14.5 Å². The second-order valence-corrected chi connectivity index (χ2v) is 8.19. The molecular weight excluding hydrogens is 438 g/mol. The molecule has 1 amide bonds. The molecule has 2 aliphatic heterocycles. The predicted octanol–water partition coefficient (Wildman–Crippen LogP) is 4.58. The van der Waals surface area contributed by atoms with E-state index in [2.05, 4.69) is 10.4 Å². The summed E-state index contributed by atoms with van der Waals surface area (Å²) in [6.07, 6.45) is 1.70. The third-order valence-electron chi connectivity index (χ3n) is 5.61. The number of fused-ring (bicyclic) bond motifs is 3. The highest BCUT2D eigenvalue weighted by atomic mass is 19.1. The minimum Gasteiger partial charge on any atom is -0.342 e. The number of aryl methyl sites for hydroxylation is 1. The van der Waals surface area contributed by atoms with Crippen molar-refractivity contribution in [3.63, 3.8) is 0 Å². The van der Waals surface area contributed by atoms with E-state index < -0.39 is 23.1 Å². The van der Waals surface area contributed by atoms with Crippen LogP contribution in [0.1, 0.15) is 11.1 Å². The number of nitrogens with one attached hydrogen (secondary N) is 1. The Bertz CT molecular complexity index is 1550. The predicted molar refractivity (Wildman–Crippen MR) is 126 cm³/mol. The molecule has 0 radical (unpaired) electrons. The summed E-state index contributed by atoms with van der Waals surface area (Å²) in [6.45, 7) is 2.15. The van der Waals surface area contributed by atoms with Crippen LogP contribution in [0, 0.1) is 18.6 Å². The quantitative estimate of drug-likeness (QED) is 0.419. The highest BCUT2D eigenvalue weighted by molar-refractivity contribution is 5.94. The van der Waals surface area contributed by atoms with Crippen LogP contribution in [0.2, 0.25) is 0 Å². The Morgan fingerprint density at radius 2 is 1.76 bits per heavy atom. The maximum absolute atomic E-state index is 14.2. The molecule has 2 aliphatic rings. The zero-order valence-electron chi connectivity index (χ0n) is 18.3. The molecule has 0 saturated carbocycles. The molecule has 34 heavy (non-hydrogen) atoms. The fourth-order valence-corrected chi connectivity index (χ4v) is 4.06. The third kappa shape index (κ3) is 4.17. The highest BCUT2D eigenvalue weighted by Crippen LogP contribution is 2.28. The number of aromatic nitrogens is 3. The van der Waals surface area contributed by atoms with Gasteiger partial charge in [-0.1, -0.05) is 29.8 Å². The first kappa shape index (κ1) is 21.5. The smallest absolute Gasteiger partial charge is 0.278 e. The number of hydrogen-bond donors (Lipinski definition) is 1. The molecule has 0 spiro atoms. The van der Waals surface area contributed by atoms with Crippen molar-refractivity contribution in [1.82, 2.24) is 14.3 Å². The molecule has 2 heterocycles. The molecule has 8 heteroatoms. The van der Waals surface area contributed by atoms with Gasteiger partial charge in [-0.25, -0.2) is 13.5 Å². The van der Waals surface area contributed by atoms with Crippen LogP contribution in [-0.4, -0.2) is 20.3 Å². The summed E-state index contributed by atoms with van der Waals surface area (Å²) in [6, 6.07) is 17.7. The van der Waals surface area contributed by atoms with E-state index >= 15 is 0 Å². The average Bonchev–Trinajstić information content (AvgIpc) is 3.11. The maximum atomic E-state index is 14.2. The Morgan fingerprint density at radius 3 is 2.53 bits per heavy atom. The van der Waals surface area contributed by atoms with Gasteiger partial charge in [0.1, 0.15) is 23.9 Å². The van der Waals surface area contributed by atoms with Crippen molar-refractivity contribution in [2.24, 2.45) is 0 Å². The van der Waals surface area contributed by atoms with Crippen molar-refractivity contribution in [2.45, 2.75) is 20.0 Å². The first-order valence-electron chi connectivity index (χ1n) is 10.7. The summed E-state index contributed by atoms with van der Waals surface area (Å²) in [5.74, 6) is -1.35. The SMILES string of the molecule is Cc1cccc(Cn2cc3c(=O)n(CC(=O)Nc4ccc(F)cc4)nc-3c3cc(F)ccc32)c1. The van der Waals surface area contributed by atoms with Gasteiger partial charge < -0.3 is 9.88 Å². The first-order chi connectivity index (χ1) is 16.4. The van der Waals surface area contributed by atoms with Crippen molar-refractivity contribution in [1.29, 1.82) is 0 Å². The lowest BCUT2D eigenvalue weighted by Crippen LogP contribution is -2.26. The van der Waals surface area contributed by atoms with Crippen LogP contribution in [0.5, 0.6) is 0 Å². The molecule has 0 aliphatic carbocycles. The summed E-state index contributed by atoms with van der Waals surface area (Å²) in [7, 11) is 0. The van der Waals surface area contributed by atoms with Gasteiger partial charge in [0, 0.05) is 23.8 Å². The molecule has 6 nitrogen and oxygen atoms in total. The summed E-state index contributed by atoms with van der Waals surface area (Å²) >= 11 is 0. The molecular formula is C26H20F2N4O2. The Balaban J connectivity index is 1.55. The molecule has 5 rings (SSSR count). The monoisotopic (exact) mass is 458 g/mol. The number of halogens is 2. The molecule has 1 N–H and O–H groups in total. The average molecular weight is 458 g/mol. The van der Waals surface area contributed by atoms with E-state index in [1.165, 1.54) is 36.4 Å². The standard InChI is InChI=1S/C26H20F2N4O2/c1-16-3-2-4-17(11-16)13-31-14-22-25(21-12-19(28)7-10-23(21)31)30-32(26(22)34)15-24(33)29-20-8-5-18(27)6-9-20/h2-12,14H,13,15H2,1H3,(H,29,33). The normalized spacial score (nSPS) is 11.3. The lowest BCUT2D eigenvalue weighted by molar-refractivity contribution is -0.116. The van der Waals surface area contributed by atoms with E-state index in [0.717, 1.165) is 21.3 Å². The molecule has 0 bridgehead atoms. The van der Waals surface area contributed by atoms with Gasteiger partial charge in [0.25, 0.3) is 5.56 Å². The van der Waals surface area contributed by atoms with E-state index in [1.54, 1.807) is 12.3 Å². The van der Waals surface area contributed by atoms with E-state index in [9.17, 15) is 18.4 Å². The van der Waals surface area contributed by atoms with Crippen LogP contribution in [-0.2, 0) is 17.9 Å². The van der Waals surface area contributed by atoms with Crippen molar-refractivity contribution in [3.05, 3.63) is 106 Å². The molecule has 170 valence electrons. The van der Waals surface area contributed by atoms with E-state index in [0.29, 0.717) is 28.9 Å². The third-order valence-corrected chi connectivity index (χ3v) is 5.61. The lowest BCUT2D eigenvalue weighted by atomic mass is 10.1. The number of carbonyl (C=O) groups is 1. The molecule has 0 saturated heterocycles. The van der Waals surface area contributed by atoms with Gasteiger partial charge in [-0.05, 0) is 55.0 Å². The minimum atomic E-state index is -0.486. The van der Waals surface area contributed by atoms with E-state index in [-0.39, 0.29) is 6.54 Å². The molecule has 0 atom stereocenters. The Hall–Kier alpha value is -4.33. The number of amides is 1. The highest BCUT2D eigenvalue weighted by Gasteiger charge is 2.22. The summed E-state index contributed by atoms with van der Waals surface area (Å²) in [5, 5.41) is 7.44. The van der Waals surface area contributed by atoms with Crippen LogP contribution in [0.15, 0.2) is 77.7 Å². The second-order valence-electron chi connectivity index (χ2n) is 8.19. The van der Waals surface area contributed by atoms with Gasteiger partial charge in [-0.15, -0.1) is 0 Å². The largest absolute Gasteiger partial charge is 0.342 e. The number of carbonyl (C=O) groups excluding carboxylic acids is 1. The topological polar surface area (TPSA) is 68.9 Å². The van der Waals surface area contributed by atoms with Crippen LogP contribution in [0.3, 0.4) is 0 Å². The number of rotatable bonds is 5. The zero-order chi connectivity index (χ0) is 23.8. The van der Waals surface area contributed by atoms with E-state index in [1.807, 2.05) is 35.8 Å². The van der Waals surface area contributed by atoms with Crippen LogP contribution in [0.25, 0.3) is 22.2 Å². The fraction of sp³-hybridized carbons (Fsp3) is 0.115. The maximum Gasteiger partial charge on any atom is 0.278 e. The second kappa shape index (κ2) is 8.55. The zero-order valence-corrected chi connectivity index (χ0v) is 18.3. The summed E-state index contributed by atoms with van der Waals surface area (Å²) in [5.41, 5.74) is 3.44. The van der Waals surface area contributed by atoms with Gasteiger partial charge in [0.15, 0.2) is 0 Å². The van der Waals surface area contributed by atoms with Gasteiger partial charge >= 0.3 is 0 Å². The van der Waals surface area contributed by atoms with Crippen molar-refractivity contribution >= 4 is 22.5 Å². The molecule has 0 unspecified atom stereocenters. The van der Waals surface area contributed by atoms with E-state index in [4.69, 9.17) is 0 Å². The van der Waals surface area contributed by atoms with Crippen LogP contribution < -0.4 is 10.9 Å².